The maximum atomic E-state index is 13.6. The van der Waals surface area contributed by atoms with Gasteiger partial charge in [-0.1, -0.05) is 25.6 Å². The van der Waals surface area contributed by atoms with E-state index < -0.39 is 0 Å². The largest absolute Gasteiger partial charge is 0.497 e. The van der Waals surface area contributed by atoms with Crippen molar-refractivity contribution >= 4 is 22.6 Å². The van der Waals surface area contributed by atoms with E-state index in [1.807, 2.05) is 0 Å². The molecule has 0 amide bonds. The van der Waals surface area contributed by atoms with Crippen molar-refractivity contribution in [3.05, 3.63) is 24.0 Å². The number of methoxy groups -OCH3 is 1. The van der Waals surface area contributed by atoms with E-state index in [0.29, 0.717) is 23.4 Å². The average molecular weight is 268 g/mol. The van der Waals surface area contributed by atoms with Crippen molar-refractivity contribution in [1.29, 1.82) is 0 Å². The van der Waals surface area contributed by atoms with Gasteiger partial charge in [0.15, 0.2) is 5.17 Å². The summed E-state index contributed by atoms with van der Waals surface area (Å²) in [6.07, 6.45) is 0. The molecule has 98 valence electrons. The fourth-order valence-corrected chi connectivity index (χ4v) is 2.82. The van der Waals surface area contributed by atoms with Crippen molar-refractivity contribution in [3.63, 3.8) is 0 Å². The standard InChI is InChI=1S/C13H17FN2OS/c1-8(2)12-7-18-13(16-12)15-11-6-9(17-3)4-5-10(11)14/h4-6,8,12H,7H2,1-3H3,(H,15,16). The zero-order valence-corrected chi connectivity index (χ0v) is 11.6. The van der Waals surface area contributed by atoms with E-state index in [2.05, 4.69) is 24.2 Å². The van der Waals surface area contributed by atoms with Crippen LogP contribution >= 0.6 is 11.8 Å². The van der Waals surface area contributed by atoms with Crippen LogP contribution in [0.15, 0.2) is 23.2 Å². The Morgan fingerprint density at radius 1 is 1.50 bits per heavy atom. The molecule has 1 heterocycles. The summed E-state index contributed by atoms with van der Waals surface area (Å²) in [5.41, 5.74) is 0.407. The molecule has 0 aliphatic carbocycles. The van der Waals surface area contributed by atoms with Crippen LogP contribution in [-0.2, 0) is 0 Å². The predicted octanol–water partition coefficient (Wildman–Crippen LogP) is 3.37. The van der Waals surface area contributed by atoms with Crippen LogP contribution in [0.2, 0.25) is 0 Å². The molecule has 0 fully saturated rings. The average Bonchev–Trinajstić information content (AvgIpc) is 2.81. The van der Waals surface area contributed by atoms with E-state index in [0.717, 1.165) is 10.9 Å². The fraction of sp³-hybridized carbons (Fsp3) is 0.462. The van der Waals surface area contributed by atoms with Gasteiger partial charge in [-0.3, -0.25) is 4.99 Å². The first kappa shape index (κ1) is 13.2. The van der Waals surface area contributed by atoms with Crippen molar-refractivity contribution in [2.24, 2.45) is 10.9 Å². The van der Waals surface area contributed by atoms with E-state index in [4.69, 9.17) is 4.74 Å². The first-order chi connectivity index (χ1) is 8.60. The van der Waals surface area contributed by atoms with Crippen molar-refractivity contribution in [2.45, 2.75) is 19.9 Å². The smallest absolute Gasteiger partial charge is 0.161 e. The van der Waals surface area contributed by atoms with Crippen molar-refractivity contribution in [3.8, 4) is 5.75 Å². The second kappa shape index (κ2) is 5.61. The zero-order chi connectivity index (χ0) is 13.1. The summed E-state index contributed by atoms with van der Waals surface area (Å²) >= 11 is 1.63. The number of halogens is 1. The number of aliphatic imine (C=N–C) groups is 1. The number of thioether (sulfide) groups is 1. The Balaban J connectivity index is 2.12. The summed E-state index contributed by atoms with van der Waals surface area (Å²) in [5, 5.41) is 3.81. The molecule has 0 saturated heterocycles. The molecule has 5 heteroatoms. The second-order valence-electron chi connectivity index (χ2n) is 4.53. The molecule has 2 rings (SSSR count). The van der Waals surface area contributed by atoms with Crippen LogP contribution in [0, 0.1) is 11.7 Å². The number of nitrogens with zero attached hydrogens (tertiary/aromatic N) is 1. The first-order valence-electron chi connectivity index (χ1n) is 5.91. The van der Waals surface area contributed by atoms with Gasteiger partial charge in [-0.05, 0) is 18.1 Å². The Morgan fingerprint density at radius 3 is 2.89 bits per heavy atom. The molecule has 0 aromatic heterocycles. The molecule has 0 radical (unpaired) electrons. The molecule has 1 N–H and O–H groups in total. The SMILES string of the molecule is COc1ccc(F)c(NC2=NC(C(C)C)CS2)c1. The molecular weight excluding hydrogens is 251 g/mol. The van der Waals surface area contributed by atoms with Gasteiger partial charge in [0, 0.05) is 11.8 Å². The number of anilines is 1. The number of nitrogens with one attached hydrogen (secondary N) is 1. The third-order valence-electron chi connectivity index (χ3n) is 2.86. The minimum atomic E-state index is -0.299. The van der Waals surface area contributed by atoms with Crippen LogP contribution < -0.4 is 10.1 Å². The highest BCUT2D eigenvalue weighted by Gasteiger charge is 2.21. The molecule has 1 aromatic rings. The molecule has 18 heavy (non-hydrogen) atoms. The van der Waals surface area contributed by atoms with Gasteiger partial charge in [0.2, 0.25) is 0 Å². The summed E-state index contributed by atoms with van der Waals surface area (Å²) < 4.78 is 18.7. The Hall–Kier alpha value is -1.23. The van der Waals surface area contributed by atoms with E-state index in [1.54, 1.807) is 31.0 Å². The number of hydrogen-bond acceptors (Lipinski definition) is 4. The zero-order valence-electron chi connectivity index (χ0n) is 10.7. The number of amidine groups is 1. The Morgan fingerprint density at radius 2 is 2.28 bits per heavy atom. The van der Waals surface area contributed by atoms with Gasteiger partial charge in [0.05, 0.1) is 18.8 Å². The molecule has 0 spiro atoms. The van der Waals surface area contributed by atoms with E-state index in [1.165, 1.54) is 6.07 Å². The number of rotatable bonds is 3. The van der Waals surface area contributed by atoms with Gasteiger partial charge in [-0.2, -0.15) is 0 Å². The van der Waals surface area contributed by atoms with E-state index in [-0.39, 0.29) is 5.82 Å². The third-order valence-corrected chi connectivity index (χ3v) is 3.85. The highest BCUT2D eigenvalue weighted by Crippen LogP contribution is 2.27. The quantitative estimate of drug-likeness (QED) is 0.912. The maximum absolute atomic E-state index is 13.6. The molecule has 1 aliphatic rings. The highest BCUT2D eigenvalue weighted by atomic mass is 32.2. The Bertz CT molecular complexity index is 462. The normalized spacial score (nSPS) is 18.9. The van der Waals surface area contributed by atoms with Crippen molar-refractivity contribution < 1.29 is 9.13 Å². The van der Waals surface area contributed by atoms with E-state index in [9.17, 15) is 4.39 Å². The monoisotopic (exact) mass is 268 g/mol. The summed E-state index contributed by atoms with van der Waals surface area (Å²) in [7, 11) is 1.56. The molecule has 1 aromatic carbocycles. The topological polar surface area (TPSA) is 33.6 Å². The van der Waals surface area contributed by atoms with Gasteiger partial charge in [-0.15, -0.1) is 0 Å². The Kier molecular flexibility index (Phi) is 4.11. The van der Waals surface area contributed by atoms with E-state index >= 15 is 0 Å². The van der Waals surface area contributed by atoms with Gasteiger partial charge in [0.1, 0.15) is 11.6 Å². The van der Waals surface area contributed by atoms with Crippen LogP contribution in [0.3, 0.4) is 0 Å². The summed E-state index contributed by atoms with van der Waals surface area (Å²) in [6.45, 7) is 4.29. The molecule has 1 unspecified atom stereocenters. The summed E-state index contributed by atoms with van der Waals surface area (Å²) in [6, 6.07) is 4.94. The molecule has 1 atom stereocenters. The van der Waals surface area contributed by atoms with Crippen LogP contribution in [0.25, 0.3) is 0 Å². The van der Waals surface area contributed by atoms with Crippen molar-refractivity contribution in [2.75, 3.05) is 18.2 Å². The second-order valence-corrected chi connectivity index (χ2v) is 5.54. The lowest BCUT2D eigenvalue weighted by Gasteiger charge is -2.09. The van der Waals surface area contributed by atoms with Crippen LogP contribution in [0.5, 0.6) is 5.75 Å². The lowest BCUT2D eigenvalue weighted by Crippen LogP contribution is -2.12. The number of hydrogen-bond donors (Lipinski definition) is 1. The number of benzene rings is 1. The third kappa shape index (κ3) is 2.96. The lowest BCUT2D eigenvalue weighted by atomic mass is 10.1. The summed E-state index contributed by atoms with van der Waals surface area (Å²) in [5.74, 6) is 1.79. The van der Waals surface area contributed by atoms with Crippen LogP contribution in [0.1, 0.15) is 13.8 Å². The molecule has 1 aliphatic heterocycles. The number of ether oxygens (including phenoxy) is 1. The van der Waals surface area contributed by atoms with Gasteiger partial charge < -0.3 is 10.1 Å². The van der Waals surface area contributed by atoms with Crippen LogP contribution in [0.4, 0.5) is 10.1 Å². The van der Waals surface area contributed by atoms with Gasteiger partial charge >= 0.3 is 0 Å². The maximum Gasteiger partial charge on any atom is 0.161 e. The van der Waals surface area contributed by atoms with Crippen molar-refractivity contribution in [1.82, 2.24) is 0 Å². The van der Waals surface area contributed by atoms with Gasteiger partial charge in [-0.25, -0.2) is 4.39 Å². The highest BCUT2D eigenvalue weighted by molar-refractivity contribution is 8.14. The fourth-order valence-electron chi connectivity index (χ4n) is 1.64. The molecule has 0 saturated carbocycles. The molecular formula is C13H17FN2OS. The Labute approximate surface area is 111 Å². The summed E-state index contributed by atoms with van der Waals surface area (Å²) in [4.78, 5) is 4.54. The minimum absolute atomic E-state index is 0.299. The molecule has 0 bridgehead atoms. The lowest BCUT2D eigenvalue weighted by molar-refractivity contribution is 0.414. The molecule has 3 nitrogen and oxygen atoms in total. The first-order valence-corrected chi connectivity index (χ1v) is 6.90. The predicted molar refractivity (Wildman–Crippen MR) is 75.1 cm³/mol. The van der Waals surface area contributed by atoms with Gasteiger partial charge in [0.25, 0.3) is 0 Å². The van der Waals surface area contributed by atoms with Crippen LogP contribution in [-0.4, -0.2) is 24.1 Å². The minimum Gasteiger partial charge on any atom is -0.497 e.